The monoisotopic (exact) mass is 323 g/mol. The topological polar surface area (TPSA) is 84.2 Å². The predicted octanol–water partition coefficient (Wildman–Crippen LogP) is 2.91. The van der Waals surface area contributed by atoms with E-state index in [9.17, 15) is 9.59 Å². The van der Waals surface area contributed by atoms with E-state index in [4.69, 9.17) is 5.73 Å². The van der Waals surface area contributed by atoms with Crippen molar-refractivity contribution in [3.63, 3.8) is 0 Å². The normalized spacial score (nSPS) is 18.7. The first-order chi connectivity index (χ1) is 11.5. The number of urea groups is 1. The third kappa shape index (κ3) is 3.93. The number of aryl methyl sites for hydroxylation is 1. The maximum Gasteiger partial charge on any atom is 0.316 e. The molecule has 3 amide bonds. The Kier molecular flexibility index (Phi) is 4.51. The maximum atomic E-state index is 12.3. The van der Waals surface area contributed by atoms with Crippen LogP contribution in [0.3, 0.4) is 0 Å². The summed E-state index contributed by atoms with van der Waals surface area (Å²) >= 11 is 0. The molecular weight excluding hydrogens is 302 g/mol. The smallest absolute Gasteiger partial charge is 0.316 e. The Bertz CT molecular complexity index is 773. The molecule has 2 atom stereocenters. The Morgan fingerprint density at radius 3 is 2.71 bits per heavy atom. The second-order valence-electron chi connectivity index (χ2n) is 6.27. The number of anilines is 1. The third-order valence-electron chi connectivity index (χ3n) is 4.26. The highest BCUT2D eigenvalue weighted by Gasteiger charge is 2.43. The van der Waals surface area contributed by atoms with Gasteiger partial charge >= 0.3 is 6.03 Å². The predicted molar refractivity (Wildman–Crippen MR) is 93.5 cm³/mol. The van der Waals surface area contributed by atoms with Crippen LogP contribution < -0.4 is 16.4 Å². The fraction of sp³-hybridized carbons (Fsp3) is 0.263. The van der Waals surface area contributed by atoms with Gasteiger partial charge in [-0.3, -0.25) is 4.79 Å². The Balaban J connectivity index is 1.54. The van der Waals surface area contributed by atoms with E-state index in [2.05, 4.69) is 35.8 Å². The van der Waals surface area contributed by atoms with E-state index in [1.54, 1.807) is 12.1 Å². The lowest BCUT2D eigenvalue weighted by Crippen LogP contribution is -2.25. The number of carbonyl (C=O) groups is 2. The molecule has 24 heavy (non-hydrogen) atoms. The summed E-state index contributed by atoms with van der Waals surface area (Å²) in [4.78, 5) is 23.2. The van der Waals surface area contributed by atoms with Crippen LogP contribution in [0.1, 0.15) is 29.0 Å². The van der Waals surface area contributed by atoms with Crippen LogP contribution in [0.2, 0.25) is 0 Å². The SMILES string of the molecule is Cc1cccc([C@@H]2C[C@H]2C(=O)NCc2cccc(NC(N)=O)c2)c1. The molecule has 0 aliphatic heterocycles. The number of benzene rings is 2. The van der Waals surface area contributed by atoms with Crippen molar-refractivity contribution in [1.29, 1.82) is 0 Å². The molecule has 1 saturated carbocycles. The summed E-state index contributed by atoms with van der Waals surface area (Å²) < 4.78 is 0. The Hall–Kier alpha value is -2.82. The summed E-state index contributed by atoms with van der Waals surface area (Å²) in [5, 5.41) is 5.50. The molecule has 2 aromatic carbocycles. The first-order valence-electron chi connectivity index (χ1n) is 8.02. The molecule has 3 rings (SSSR count). The average molecular weight is 323 g/mol. The highest BCUT2D eigenvalue weighted by molar-refractivity contribution is 5.87. The summed E-state index contributed by atoms with van der Waals surface area (Å²) in [5.41, 5.74) is 9.11. The molecule has 2 aromatic rings. The number of primary amides is 1. The van der Waals surface area contributed by atoms with Gasteiger partial charge in [-0.15, -0.1) is 0 Å². The standard InChI is InChI=1S/C19H21N3O2/c1-12-4-2-6-14(8-12)16-10-17(16)18(23)21-11-13-5-3-7-15(9-13)22-19(20)24/h2-9,16-17H,10-11H2,1H3,(H,21,23)(H3,20,22,24)/t16-,17+/m0/s1. The summed E-state index contributed by atoms with van der Waals surface area (Å²) in [6.07, 6.45) is 0.901. The molecule has 0 unspecified atom stereocenters. The van der Waals surface area contributed by atoms with Gasteiger partial charge in [-0.1, -0.05) is 42.0 Å². The number of carbonyl (C=O) groups excluding carboxylic acids is 2. The van der Waals surface area contributed by atoms with Crippen molar-refractivity contribution in [3.05, 3.63) is 65.2 Å². The van der Waals surface area contributed by atoms with Gasteiger partial charge < -0.3 is 16.4 Å². The molecular formula is C19H21N3O2. The van der Waals surface area contributed by atoms with E-state index in [1.165, 1.54) is 11.1 Å². The molecule has 5 nitrogen and oxygen atoms in total. The van der Waals surface area contributed by atoms with Gasteiger partial charge in [0.1, 0.15) is 0 Å². The largest absolute Gasteiger partial charge is 0.352 e. The van der Waals surface area contributed by atoms with Gasteiger partial charge in [0.25, 0.3) is 0 Å². The minimum atomic E-state index is -0.602. The highest BCUT2D eigenvalue weighted by atomic mass is 16.2. The minimum absolute atomic E-state index is 0.0544. The van der Waals surface area contributed by atoms with Crippen LogP contribution in [-0.2, 0) is 11.3 Å². The zero-order valence-corrected chi connectivity index (χ0v) is 13.6. The molecule has 0 radical (unpaired) electrons. The van der Waals surface area contributed by atoms with E-state index in [0.29, 0.717) is 18.2 Å². The van der Waals surface area contributed by atoms with Gasteiger partial charge in [-0.05, 0) is 42.5 Å². The van der Waals surface area contributed by atoms with Crippen LogP contribution in [0.4, 0.5) is 10.5 Å². The van der Waals surface area contributed by atoms with Gasteiger partial charge in [0.15, 0.2) is 0 Å². The lowest BCUT2D eigenvalue weighted by atomic mass is 10.1. The Morgan fingerprint density at radius 1 is 1.17 bits per heavy atom. The molecule has 0 spiro atoms. The molecule has 5 heteroatoms. The summed E-state index contributed by atoms with van der Waals surface area (Å²) in [6.45, 7) is 2.50. The number of rotatable bonds is 5. The zero-order valence-electron chi connectivity index (χ0n) is 13.6. The van der Waals surface area contributed by atoms with Crippen molar-refractivity contribution in [2.75, 3.05) is 5.32 Å². The third-order valence-corrected chi connectivity index (χ3v) is 4.26. The van der Waals surface area contributed by atoms with Crippen molar-refractivity contribution < 1.29 is 9.59 Å². The molecule has 1 aliphatic rings. The van der Waals surface area contributed by atoms with Crippen LogP contribution >= 0.6 is 0 Å². The minimum Gasteiger partial charge on any atom is -0.352 e. The number of hydrogen-bond acceptors (Lipinski definition) is 2. The van der Waals surface area contributed by atoms with Gasteiger partial charge in [0.2, 0.25) is 5.91 Å². The van der Waals surface area contributed by atoms with Gasteiger partial charge in [-0.2, -0.15) is 0 Å². The number of nitrogens with two attached hydrogens (primary N) is 1. The van der Waals surface area contributed by atoms with E-state index in [1.807, 2.05) is 18.2 Å². The Morgan fingerprint density at radius 2 is 1.96 bits per heavy atom. The van der Waals surface area contributed by atoms with Gasteiger partial charge in [-0.25, -0.2) is 4.79 Å². The Labute approximate surface area is 141 Å². The summed E-state index contributed by atoms with van der Waals surface area (Å²) in [7, 11) is 0. The van der Waals surface area contributed by atoms with E-state index in [0.717, 1.165) is 12.0 Å². The van der Waals surface area contributed by atoms with Gasteiger partial charge in [0.05, 0.1) is 0 Å². The number of nitrogens with one attached hydrogen (secondary N) is 2. The number of amides is 3. The van der Waals surface area contributed by atoms with E-state index >= 15 is 0 Å². The van der Waals surface area contributed by atoms with Crippen molar-refractivity contribution >= 4 is 17.6 Å². The highest BCUT2D eigenvalue weighted by Crippen LogP contribution is 2.47. The van der Waals surface area contributed by atoms with Crippen LogP contribution in [0.15, 0.2) is 48.5 Å². The maximum absolute atomic E-state index is 12.3. The first kappa shape index (κ1) is 16.1. The van der Waals surface area contributed by atoms with Crippen LogP contribution in [-0.4, -0.2) is 11.9 Å². The van der Waals surface area contributed by atoms with Gasteiger partial charge in [0, 0.05) is 18.2 Å². The van der Waals surface area contributed by atoms with Crippen molar-refractivity contribution in [1.82, 2.24) is 5.32 Å². The van der Waals surface area contributed by atoms with Crippen molar-refractivity contribution in [2.45, 2.75) is 25.8 Å². The van der Waals surface area contributed by atoms with E-state index < -0.39 is 6.03 Å². The fourth-order valence-corrected chi connectivity index (χ4v) is 2.98. The molecule has 0 aromatic heterocycles. The fourth-order valence-electron chi connectivity index (χ4n) is 2.98. The van der Waals surface area contributed by atoms with Crippen LogP contribution in [0.5, 0.6) is 0 Å². The van der Waals surface area contributed by atoms with Crippen LogP contribution in [0, 0.1) is 12.8 Å². The quantitative estimate of drug-likeness (QED) is 0.790. The second-order valence-corrected chi connectivity index (χ2v) is 6.27. The molecule has 0 saturated heterocycles. The second kappa shape index (κ2) is 6.74. The van der Waals surface area contributed by atoms with Crippen molar-refractivity contribution in [3.8, 4) is 0 Å². The first-order valence-corrected chi connectivity index (χ1v) is 8.02. The molecule has 0 heterocycles. The molecule has 0 bridgehead atoms. The van der Waals surface area contributed by atoms with Crippen molar-refractivity contribution in [2.24, 2.45) is 11.7 Å². The lowest BCUT2D eigenvalue weighted by Gasteiger charge is -2.08. The summed E-state index contributed by atoms with van der Waals surface area (Å²) in [6, 6.07) is 15.0. The average Bonchev–Trinajstić information content (AvgIpc) is 3.33. The van der Waals surface area contributed by atoms with Crippen LogP contribution in [0.25, 0.3) is 0 Å². The molecule has 1 aliphatic carbocycles. The zero-order chi connectivity index (χ0) is 17.1. The molecule has 124 valence electrons. The lowest BCUT2D eigenvalue weighted by molar-refractivity contribution is -0.122. The van der Waals surface area contributed by atoms with E-state index in [-0.39, 0.29) is 11.8 Å². The molecule has 1 fully saturated rings. The summed E-state index contributed by atoms with van der Waals surface area (Å²) in [5.74, 6) is 0.459. The molecule has 4 N–H and O–H groups in total. The number of hydrogen-bond donors (Lipinski definition) is 3.